The van der Waals surface area contributed by atoms with Gasteiger partial charge >= 0.3 is 0 Å². The Kier molecular flexibility index (Phi) is 5.17. The van der Waals surface area contributed by atoms with E-state index >= 15 is 0 Å². The van der Waals surface area contributed by atoms with Gasteiger partial charge < -0.3 is 15.8 Å². The minimum Gasteiger partial charge on any atom is -0.381 e. The lowest BCUT2D eigenvalue weighted by atomic mass is 9.99. The summed E-state index contributed by atoms with van der Waals surface area (Å²) >= 11 is 0. The molecule has 1 aromatic carbocycles. The number of hydrogen-bond donors (Lipinski definition) is 2. The van der Waals surface area contributed by atoms with Gasteiger partial charge in [0.15, 0.2) is 5.78 Å². The van der Waals surface area contributed by atoms with Crippen LogP contribution in [0.4, 0.5) is 10.2 Å². The molecule has 24 heavy (non-hydrogen) atoms. The number of halogens is 1. The van der Waals surface area contributed by atoms with Crippen molar-refractivity contribution in [2.75, 3.05) is 18.5 Å². The number of pyridine rings is 1. The third-order valence-corrected chi connectivity index (χ3v) is 4.13. The van der Waals surface area contributed by atoms with Crippen LogP contribution < -0.4 is 11.1 Å². The molecule has 6 heteroatoms. The first-order valence-electron chi connectivity index (χ1n) is 7.99. The molecule has 0 spiro atoms. The quantitative estimate of drug-likeness (QED) is 0.825. The molecule has 126 valence electrons. The highest BCUT2D eigenvalue weighted by Crippen LogP contribution is 2.20. The second-order valence-corrected chi connectivity index (χ2v) is 5.85. The summed E-state index contributed by atoms with van der Waals surface area (Å²) in [6, 6.07) is 8.41. The van der Waals surface area contributed by atoms with Gasteiger partial charge in [0, 0.05) is 31.0 Å². The maximum atomic E-state index is 13.0. The number of nitrogens with two attached hydrogens (primary N) is 1. The van der Waals surface area contributed by atoms with Crippen LogP contribution in [0.15, 0.2) is 42.6 Å². The molecule has 5 nitrogen and oxygen atoms in total. The first-order valence-corrected chi connectivity index (χ1v) is 7.99. The van der Waals surface area contributed by atoms with Crippen molar-refractivity contribution in [3.05, 3.63) is 59.5 Å². The fraction of sp³-hybridized carbons (Fsp3) is 0.333. The lowest BCUT2D eigenvalue weighted by Crippen LogP contribution is -2.28. The average molecular weight is 329 g/mol. The normalized spacial score (nSPS) is 16.6. The lowest BCUT2D eigenvalue weighted by Gasteiger charge is -2.24. The summed E-state index contributed by atoms with van der Waals surface area (Å²) in [5.74, 6) is 0.0620. The number of rotatable bonds is 5. The number of ketones is 1. The van der Waals surface area contributed by atoms with E-state index in [1.807, 2.05) is 0 Å². The highest BCUT2D eigenvalue weighted by Gasteiger charge is 2.19. The van der Waals surface area contributed by atoms with Gasteiger partial charge in [-0.15, -0.1) is 0 Å². The molecule has 0 radical (unpaired) electrons. The molecule has 1 aliphatic heterocycles. The number of anilines is 1. The van der Waals surface area contributed by atoms with Crippen LogP contribution >= 0.6 is 0 Å². The van der Waals surface area contributed by atoms with Gasteiger partial charge in [0.25, 0.3) is 0 Å². The maximum Gasteiger partial charge on any atom is 0.184 e. The largest absolute Gasteiger partial charge is 0.381 e. The van der Waals surface area contributed by atoms with Gasteiger partial charge in [0.1, 0.15) is 11.6 Å². The van der Waals surface area contributed by atoms with Crippen molar-refractivity contribution in [2.24, 2.45) is 5.73 Å². The molecule has 2 heterocycles. The first-order chi connectivity index (χ1) is 11.6. The van der Waals surface area contributed by atoms with Crippen molar-refractivity contribution < 1.29 is 13.9 Å². The molecule has 0 bridgehead atoms. The topological polar surface area (TPSA) is 77.2 Å². The summed E-state index contributed by atoms with van der Waals surface area (Å²) in [7, 11) is 0. The van der Waals surface area contributed by atoms with Crippen molar-refractivity contribution in [2.45, 2.75) is 24.9 Å². The fourth-order valence-corrected chi connectivity index (χ4v) is 2.72. The monoisotopic (exact) mass is 329 g/mol. The van der Waals surface area contributed by atoms with Crippen molar-refractivity contribution in [3.8, 4) is 0 Å². The van der Waals surface area contributed by atoms with E-state index in [-0.39, 0.29) is 11.6 Å². The van der Waals surface area contributed by atoms with E-state index < -0.39 is 6.04 Å². The predicted octanol–water partition coefficient (Wildman–Crippen LogP) is 2.69. The Morgan fingerprint density at radius 3 is 2.67 bits per heavy atom. The number of ether oxygens (including phenoxy) is 1. The van der Waals surface area contributed by atoms with Crippen LogP contribution in [0.5, 0.6) is 0 Å². The Hall–Kier alpha value is -2.31. The first kappa shape index (κ1) is 16.5. The highest BCUT2D eigenvalue weighted by molar-refractivity contribution is 6.00. The molecule has 1 unspecified atom stereocenters. The number of aromatic nitrogens is 1. The van der Waals surface area contributed by atoms with E-state index in [0.29, 0.717) is 23.0 Å². The lowest BCUT2D eigenvalue weighted by molar-refractivity contribution is 0.0904. The second kappa shape index (κ2) is 7.51. The number of benzene rings is 1. The van der Waals surface area contributed by atoms with Crippen LogP contribution in [-0.2, 0) is 4.74 Å². The molecule has 2 aromatic rings. The van der Waals surface area contributed by atoms with Gasteiger partial charge in [-0.3, -0.25) is 4.79 Å². The molecule has 1 fully saturated rings. The van der Waals surface area contributed by atoms with Gasteiger partial charge in [0.05, 0.1) is 6.04 Å². The Bertz CT molecular complexity index is 700. The zero-order valence-corrected chi connectivity index (χ0v) is 13.2. The number of carbonyl (C=O) groups is 1. The summed E-state index contributed by atoms with van der Waals surface area (Å²) in [5, 5.41) is 3.35. The van der Waals surface area contributed by atoms with Gasteiger partial charge in [-0.25, -0.2) is 9.37 Å². The van der Waals surface area contributed by atoms with Gasteiger partial charge in [-0.2, -0.15) is 0 Å². The van der Waals surface area contributed by atoms with E-state index in [0.717, 1.165) is 26.1 Å². The van der Waals surface area contributed by atoms with Crippen molar-refractivity contribution >= 4 is 11.6 Å². The third kappa shape index (κ3) is 3.96. The average Bonchev–Trinajstić information content (AvgIpc) is 2.62. The van der Waals surface area contributed by atoms with Gasteiger partial charge in [-0.05, 0) is 54.8 Å². The molecule has 0 amide bonds. The zero-order chi connectivity index (χ0) is 16.9. The minimum absolute atomic E-state index is 0.252. The van der Waals surface area contributed by atoms with Crippen molar-refractivity contribution in [1.82, 2.24) is 4.98 Å². The number of nitrogens with one attached hydrogen (secondary N) is 1. The molecule has 1 saturated heterocycles. The molecule has 1 aliphatic rings. The number of hydrogen-bond acceptors (Lipinski definition) is 5. The molecular weight excluding hydrogens is 309 g/mol. The van der Waals surface area contributed by atoms with Gasteiger partial charge in [0.2, 0.25) is 0 Å². The summed E-state index contributed by atoms with van der Waals surface area (Å²) in [5.41, 5.74) is 7.16. The van der Waals surface area contributed by atoms with E-state index in [1.165, 1.54) is 24.3 Å². The molecular formula is C18H20FN3O2. The number of Topliss-reactive ketones (excluding diaryl/α,β-unsaturated/α-hetero) is 1. The minimum atomic E-state index is -0.811. The fourth-order valence-electron chi connectivity index (χ4n) is 2.72. The van der Waals surface area contributed by atoms with Crippen LogP contribution in [0.1, 0.15) is 34.8 Å². The molecule has 3 rings (SSSR count). The summed E-state index contributed by atoms with van der Waals surface area (Å²) in [4.78, 5) is 16.7. The van der Waals surface area contributed by atoms with E-state index in [9.17, 15) is 9.18 Å². The standard InChI is InChI=1S/C18H20FN3O2/c19-14-3-1-12(2-4-14)18(23)17(20)13-5-8-21-16(11-13)22-15-6-9-24-10-7-15/h1-5,8,11,15,17H,6-7,9-10,20H2,(H,21,22). The second-order valence-electron chi connectivity index (χ2n) is 5.85. The van der Waals surface area contributed by atoms with E-state index in [1.54, 1.807) is 18.3 Å². The van der Waals surface area contributed by atoms with Crippen LogP contribution in [0, 0.1) is 5.82 Å². The predicted molar refractivity (Wildman–Crippen MR) is 89.4 cm³/mol. The van der Waals surface area contributed by atoms with Crippen LogP contribution in [0.3, 0.4) is 0 Å². The Labute approximate surface area is 140 Å². The molecule has 0 saturated carbocycles. The molecule has 1 aromatic heterocycles. The van der Waals surface area contributed by atoms with E-state index in [2.05, 4.69) is 10.3 Å². The number of carbonyl (C=O) groups excluding carboxylic acids is 1. The summed E-state index contributed by atoms with van der Waals surface area (Å²) < 4.78 is 18.3. The summed E-state index contributed by atoms with van der Waals surface area (Å²) in [6.45, 7) is 1.47. The van der Waals surface area contributed by atoms with Crippen molar-refractivity contribution in [1.29, 1.82) is 0 Å². The van der Waals surface area contributed by atoms with Crippen molar-refractivity contribution in [3.63, 3.8) is 0 Å². The molecule has 3 N–H and O–H groups in total. The summed E-state index contributed by atoms with van der Waals surface area (Å²) in [6.07, 6.45) is 3.48. The highest BCUT2D eigenvalue weighted by atomic mass is 19.1. The molecule has 1 atom stereocenters. The SMILES string of the molecule is NC(C(=O)c1ccc(F)cc1)c1ccnc(NC2CCOCC2)c1. The van der Waals surface area contributed by atoms with Crippen LogP contribution in [0.2, 0.25) is 0 Å². The maximum absolute atomic E-state index is 13.0. The van der Waals surface area contributed by atoms with Crippen LogP contribution in [0.25, 0.3) is 0 Å². The third-order valence-electron chi connectivity index (χ3n) is 4.13. The Morgan fingerprint density at radius 1 is 1.25 bits per heavy atom. The smallest absolute Gasteiger partial charge is 0.184 e. The zero-order valence-electron chi connectivity index (χ0n) is 13.2. The Balaban J connectivity index is 1.72. The molecule has 0 aliphatic carbocycles. The van der Waals surface area contributed by atoms with Gasteiger partial charge in [-0.1, -0.05) is 0 Å². The van der Waals surface area contributed by atoms with Crippen LogP contribution in [-0.4, -0.2) is 30.0 Å². The Morgan fingerprint density at radius 2 is 1.96 bits per heavy atom. The number of nitrogens with zero attached hydrogens (tertiary/aromatic N) is 1. The van der Waals surface area contributed by atoms with E-state index in [4.69, 9.17) is 10.5 Å².